The predicted molar refractivity (Wildman–Crippen MR) is 89.1 cm³/mol. The maximum atomic E-state index is 12.3. The summed E-state index contributed by atoms with van der Waals surface area (Å²) < 4.78 is 5.64. The Kier molecular flexibility index (Phi) is 7.91. The summed E-state index contributed by atoms with van der Waals surface area (Å²) in [5.74, 6) is 0. The molecule has 1 aromatic rings. The van der Waals surface area contributed by atoms with Crippen molar-refractivity contribution in [2.75, 3.05) is 25.0 Å². The third-order valence-corrected chi connectivity index (χ3v) is 3.41. The zero-order chi connectivity index (χ0) is 16.5. The number of urea groups is 1. The van der Waals surface area contributed by atoms with Crippen molar-refractivity contribution in [1.82, 2.24) is 4.90 Å². The molecule has 0 saturated carbocycles. The highest BCUT2D eigenvalue weighted by Gasteiger charge is 2.14. The largest absolute Gasteiger partial charge is 0.395 e. The Balaban J connectivity index is 2.79. The fourth-order valence-electron chi connectivity index (χ4n) is 2.13. The quantitative estimate of drug-likeness (QED) is 0.775. The summed E-state index contributed by atoms with van der Waals surface area (Å²) in [7, 11) is 0. The van der Waals surface area contributed by atoms with Crippen molar-refractivity contribution in [3.05, 3.63) is 29.3 Å². The molecule has 1 aromatic carbocycles. The molecule has 0 aliphatic rings. The van der Waals surface area contributed by atoms with E-state index in [0.29, 0.717) is 19.7 Å². The number of ether oxygens (including phenoxy) is 1. The van der Waals surface area contributed by atoms with Gasteiger partial charge in [-0.3, -0.25) is 0 Å². The van der Waals surface area contributed by atoms with Crippen molar-refractivity contribution < 1.29 is 14.6 Å². The first-order valence-electron chi connectivity index (χ1n) is 7.86. The van der Waals surface area contributed by atoms with Crippen molar-refractivity contribution in [3.8, 4) is 0 Å². The highest BCUT2D eigenvalue weighted by atomic mass is 16.5. The number of carbonyl (C=O) groups excluding carboxylic acids is 1. The molecule has 0 heterocycles. The molecule has 2 amide bonds. The van der Waals surface area contributed by atoms with Gasteiger partial charge in [-0.05, 0) is 44.4 Å². The van der Waals surface area contributed by atoms with Gasteiger partial charge in [0.1, 0.15) is 0 Å². The van der Waals surface area contributed by atoms with Gasteiger partial charge >= 0.3 is 6.03 Å². The molecule has 0 spiro atoms. The van der Waals surface area contributed by atoms with Crippen molar-refractivity contribution in [2.45, 2.75) is 46.8 Å². The highest BCUT2D eigenvalue weighted by molar-refractivity contribution is 5.90. The monoisotopic (exact) mass is 308 g/mol. The summed E-state index contributed by atoms with van der Waals surface area (Å²) in [6, 6.07) is 5.62. The smallest absolute Gasteiger partial charge is 0.321 e. The van der Waals surface area contributed by atoms with Gasteiger partial charge in [-0.15, -0.1) is 0 Å². The molecule has 0 atom stereocenters. The van der Waals surface area contributed by atoms with Crippen molar-refractivity contribution in [3.63, 3.8) is 0 Å². The van der Waals surface area contributed by atoms with Crippen LogP contribution in [0.5, 0.6) is 0 Å². The molecule has 22 heavy (non-hydrogen) atoms. The summed E-state index contributed by atoms with van der Waals surface area (Å²) >= 11 is 0. The van der Waals surface area contributed by atoms with E-state index in [9.17, 15) is 4.79 Å². The topological polar surface area (TPSA) is 61.8 Å². The average Bonchev–Trinajstić information content (AvgIpc) is 2.47. The van der Waals surface area contributed by atoms with Crippen LogP contribution in [0.2, 0.25) is 0 Å². The minimum absolute atomic E-state index is 0.0331. The molecular formula is C17H28N2O3. The molecule has 124 valence electrons. The zero-order valence-corrected chi connectivity index (χ0v) is 14.1. The standard InChI is InChI=1S/C17H28N2O3/c1-5-9-19(10-11-20)17(21)18-16-8-6-7-15(14(16)4)12-22-13(2)3/h6-8,13,20H,5,9-12H2,1-4H3,(H,18,21). The summed E-state index contributed by atoms with van der Waals surface area (Å²) in [6.45, 7) is 9.45. The lowest BCUT2D eigenvalue weighted by Crippen LogP contribution is -2.37. The lowest BCUT2D eigenvalue weighted by Gasteiger charge is -2.22. The van der Waals surface area contributed by atoms with Gasteiger partial charge in [0.15, 0.2) is 0 Å². The van der Waals surface area contributed by atoms with Gasteiger partial charge < -0.3 is 20.1 Å². The predicted octanol–water partition coefficient (Wildman–Crippen LogP) is 3.16. The number of anilines is 1. The Morgan fingerprint density at radius 1 is 1.36 bits per heavy atom. The molecule has 0 saturated heterocycles. The molecule has 5 heteroatoms. The molecule has 0 unspecified atom stereocenters. The van der Waals surface area contributed by atoms with Gasteiger partial charge in [-0.2, -0.15) is 0 Å². The first kappa shape index (κ1) is 18.5. The number of nitrogens with one attached hydrogen (secondary N) is 1. The second-order valence-electron chi connectivity index (χ2n) is 5.59. The molecule has 0 aliphatic carbocycles. The van der Waals surface area contributed by atoms with Crippen LogP contribution in [-0.4, -0.2) is 41.8 Å². The average molecular weight is 308 g/mol. The molecule has 0 bridgehead atoms. The van der Waals surface area contributed by atoms with Crippen LogP contribution in [0.4, 0.5) is 10.5 Å². The number of nitrogens with zero attached hydrogens (tertiary/aromatic N) is 1. The molecule has 0 aliphatic heterocycles. The molecule has 1 rings (SSSR count). The maximum absolute atomic E-state index is 12.3. The summed E-state index contributed by atoms with van der Waals surface area (Å²) in [5.41, 5.74) is 2.86. The Morgan fingerprint density at radius 3 is 2.68 bits per heavy atom. The molecule has 0 fully saturated rings. The van der Waals surface area contributed by atoms with Crippen molar-refractivity contribution >= 4 is 11.7 Å². The number of aliphatic hydroxyl groups is 1. The van der Waals surface area contributed by atoms with E-state index >= 15 is 0 Å². The third-order valence-electron chi connectivity index (χ3n) is 3.41. The van der Waals surface area contributed by atoms with Gasteiger partial charge in [0, 0.05) is 18.8 Å². The Morgan fingerprint density at radius 2 is 2.09 bits per heavy atom. The minimum Gasteiger partial charge on any atom is -0.395 e. The van der Waals surface area contributed by atoms with Crippen LogP contribution in [-0.2, 0) is 11.3 Å². The van der Waals surface area contributed by atoms with Crippen LogP contribution in [0.25, 0.3) is 0 Å². The van der Waals surface area contributed by atoms with Gasteiger partial charge in [0.2, 0.25) is 0 Å². The van der Waals surface area contributed by atoms with E-state index < -0.39 is 0 Å². The van der Waals surface area contributed by atoms with E-state index in [0.717, 1.165) is 23.2 Å². The fraction of sp³-hybridized carbons (Fsp3) is 0.588. The lowest BCUT2D eigenvalue weighted by molar-refractivity contribution is 0.0654. The number of rotatable bonds is 8. The second-order valence-corrected chi connectivity index (χ2v) is 5.59. The van der Waals surface area contributed by atoms with E-state index in [1.807, 2.05) is 45.9 Å². The van der Waals surface area contributed by atoms with Crippen LogP contribution in [0.3, 0.4) is 0 Å². The van der Waals surface area contributed by atoms with Gasteiger partial charge in [-0.25, -0.2) is 4.79 Å². The van der Waals surface area contributed by atoms with Crippen LogP contribution >= 0.6 is 0 Å². The van der Waals surface area contributed by atoms with Crippen LogP contribution < -0.4 is 5.32 Å². The molecule has 0 aromatic heterocycles. The number of benzene rings is 1. The summed E-state index contributed by atoms with van der Waals surface area (Å²) in [6.07, 6.45) is 1.02. The minimum atomic E-state index is -0.180. The molecular weight excluding hydrogens is 280 g/mol. The van der Waals surface area contributed by atoms with E-state index in [2.05, 4.69) is 5.32 Å². The zero-order valence-electron chi connectivity index (χ0n) is 14.1. The van der Waals surface area contributed by atoms with E-state index in [4.69, 9.17) is 9.84 Å². The lowest BCUT2D eigenvalue weighted by atomic mass is 10.1. The normalized spacial score (nSPS) is 10.8. The van der Waals surface area contributed by atoms with Gasteiger partial charge in [0.25, 0.3) is 0 Å². The van der Waals surface area contributed by atoms with Crippen LogP contribution in [0.1, 0.15) is 38.3 Å². The third kappa shape index (κ3) is 5.66. The maximum Gasteiger partial charge on any atom is 0.321 e. The number of hydrogen-bond acceptors (Lipinski definition) is 3. The Hall–Kier alpha value is -1.59. The first-order chi connectivity index (χ1) is 10.5. The summed E-state index contributed by atoms with van der Waals surface area (Å²) in [5, 5.41) is 12.0. The Labute approximate surface area is 133 Å². The van der Waals surface area contributed by atoms with Crippen molar-refractivity contribution in [1.29, 1.82) is 0 Å². The fourth-order valence-corrected chi connectivity index (χ4v) is 2.13. The van der Waals surface area contributed by atoms with Crippen molar-refractivity contribution in [2.24, 2.45) is 0 Å². The molecule has 0 radical (unpaired) electrons. The molecule has 2 N–H and O–H groups in total. The Bertz CT molecular complexity index is 469. The SMILES string of the molecule is CCCN(CCO)C(=O)Nc1cccc(COC(C)C)c1C. The van der Waals surface area contributed by atoms with E-state index in [1.54, 1.807) is 4.90 Å². The number of aliphatic hydroxyl groups excluding tert-OH is 1. The van der Waals surface area contributed by atoms with Gasteiger partial charge in [-0.1, -0.05) is 19.1 Å². The highest BCUT2D eigenvalue weighted by Crippen LogP contribution is 2.20. The first-order valence-corrected chi connectivity index (χ1v) is 7.86. The van der Waals surface area contributed by atoms with Crippen LogP contribution in [0.15, 0.2) is 18.2 Å². The second kappa shape index (κ2) is 9.43. The van der Waals surface area contributed by atoms with E-state index in [-0.39, 0.29) is 18.7 Å². The number of carbonyl (C=O) groups is 1. The van der Waals surface area contributed by atoms with Gasteiger partial charge in [0.05, 0.1) is 19.3 Å². The number of hydrogen-bond donors (Lipinski definition) is 2. The summed E-state index contributed by atoms with van der Waals surface area (Å²) in [4.78, 5) is 13.9. The molecule has 5 nitrogen and oxygen atoms in total. The number of amides is 2. The van der Waals surface area contributed by atoms with E-state index in [1.165, 1.54) is 0 Å². The van der Waals surface area contributed by atoms with Crippen LogP contribution in [0, 0.1) is 6.92 Å².